The molecule has 1 rings (SSSR count). The first-order chi connectivity index (χ1) is 16.6. The summed E-state index contributed by atoms with van der Waals surface area (Å²) in [7, 11) is -2.38. The van der Waals surface area contributed by atoms with Crippen LogP contribution in [0.3, 0.4) is 0 Å². The number of unbranched alkanes of at least 4 members (excludes halogenated alkanes) is 15. The zero-order chi connectivity index (χ0) is 24.9. The fourth-order valence-electron chi connectivity index (χ4n) is 4.97. The highest BCUT2D eigenvalue weighted by Gasteiger charge is 2.17. The Labute approximate surface area is 213 Å². The van der Waals surface area contributed by atoms with E-state index in [1.54, 1.807) is 0 Å². The summed E-state index contributed by atoms with van der Waals surface area (Å²) in [6.07, 6.45) is 26.5. The van der Waals surface area contributed by atoms with Gasteiger partial charge in [0, 0.05) is 0 Å². The molecule has 1 aromatic carbocycles. The number of rotatable bonds is 23. The average molecular weight is 495 g/mol. The number of hydrogen-bond acceptors (Lipinski definition) is 3. The van der Waals surface area contributed by atoms with Crippen molar-refractivity contribution in [3.63, 3.8) is 0 Å². The fourth-order valence-corrected chi connectivity index (χ4v) is 5.32. The largest absolute Gasteiger partial charge is 0.427 e. The Hall–Kier alpha value is -0.630. The van der Waals surface area contributed by atoms with Gasteiger partial charge in [-0.25, -0.2) is 0 Å². The van der Waals surface area contributed by atoms with Crippen molar-refractivity contribution in [1.29, 1.82) is 0 Å². The molecule has 3 nitrogen and oxygen atoms in total. The summed E-state index contributed by atoms with van der Waals surface area (Å²) in [5.41, 5.74) is 4.17. The molecule has 0 unspecified atom stereocenters. The third-order valence-corrected chi connectivity index (χ3v) is 7.39. The van der Waals surface area contributed by atoms with E-state index >= 15 is 0 Å². The smallest absolute Gasteiger partial charge is 0.391 e. The second-order valence-electron chi connectivity index (χ2n) is 10.1. The standard InChI is InChI=1S/C30H55O3P/c1-4-7-10-13-16-19-22-27-25-26-30(33-34(31)32)29(24-21-18-15-12-9-6-3)28(27)23-20-17-14-11-8-5-2/h25-26,31-32H,4-24H2,1-3H3. The van der Waals surface area contributed by atoms with Gasteiger partial charge < -0.3 is 14.3 Å². The lowest BCUT2D eigenvalue weighted by molar-refractivity contribution is 0.372. The van der Waals surface area contributed by atoms with Crippen LogP contribution in [0.1, 0.15) is 153 Å². The molecule has 0 aliphatic heterocycles. The van der Waals surface area contributed by atoms with Crippen molar-refractivity contribution in [2.45, 2.75) is 156 Å². The summed E-state index contributed by atoms with van der Waals surface area (Å²) in [4.78, 5) is 19.2. The van der Waals surface area contributed by atoms with E-state index in [0.29, 0.717) is 5.75 Å². The minimum Gasteiger partial charge on any atom is -0.427 e. The van der Waals surface area contributed by atoms with Crippen LogP contribution in [-0.4, -0.2) is 9.79 Å². The van der Waals surface area contributed by atoms with Gasteiger partial charge >= 0.3 is 8.60 Å². The lowest BCUT2D eigenvalue weighted by Crippen LogP contribution is -2.05. The Morgan fingerprint density at radius 1 is 0.529 bits per heavy atom. The van der Waals surface area contributed by atoms with Crippen molar-refractivity contribution in [3.05, 3.63) is 28.8 Å². The van der Waals surface area contributed by atoms with Gasteiger partial charge in [-0.3, -0.25) is 0 Å². The summed E-state index contributed by atoms with van der Waals surface area (Å²) >= 11 is 0. The van der Waals surface area contributed by atoms with Crippen LogP contribution in [0.4, 0.5) is 0 Å². The normalized spacial score (nSPS) is 11.5. The average Bonchev–Trinajstić information content (AvgIpc) is 2.82. The Kier molecular flexibility index (Phi) is 20.0. The summed E-state index contributed by atoms with van der Waals surface area (Å²) < 4.78 is 5.54. The molecule has 0 aliphatic carbocycles. The lowest BCUT2D eigenvalue weighted by Gasteiger charge is -2.20. The monoisotopic (exact) mass is 494 g/mol. The molecular formula is C30H55O3P. The molecule has 4 heteroatoms. The van der Waals surface area contributed by atoms with Crippen LogP contribution in [0.15, 0.2) is 12.1 Å². The maximum absolute atomic E-state index is 9.60. The predicted molar refractivity (Wildman–Crippen MR) is 150 cm³/mol. The van der Waals surface area contributed by atoms with Gasteiger partial charge in [0.1, 0.15) is 5.75 Å². The van der Waals surface area contributed by atoms with E-state index in [9.17, 15) is 9.79 Å². The highest BCUT2D eigenvalue weighted by molar-refractivity contribution is 7.39. The van der Waals surface area contributed by atoms with Crippen molar-refractivity contribution in [1.82, 2.24) is 0 Å². The molecule has 0 radical (unpaired) electrons. The van der Waals surface area contributed by atoms with Crippen molar-refractivity contribution >= 4 is 8.60 Å². The van der Waals surface area contributed by atoms with Gasteiger partial charge in [-0.2, -0.15) is 0 Å². The third-order valence-electron chi connectivity index (χ3n) is 7.03. The van der Waals surface area contributed by atoms with Gasteiger partial charge in [-0.05, 0) is 61.3 Å². The van der Waals surface area contributed by atoms with Gasteiger partial charge in [-0.15, -0.1) is 0 Å². The van der Waals surface area contributed by atoms with Crippen molar-refractivity contribution in [2.75, 3.05) is 0 Å². The maximum atomic E-state index is 9.60. The molecule has 0 spiro atoms. The van der Waals surface area contributed by atoms with Crippen molar-refractivity contribution in [3.8, 4) is 5.75 Å². The minimum absolute atomic E-state index is 0.706. The highest BCUT2D eigenvalue weighted by atomic mass is 31.2. The third kappa shape index (κ3) is 14.7. The van der Waals surface area contributed by atoms with Gasteiger partial charge in [0.15, 0.2) is 0 Å². The number of hydrogen-bond donors (Lipinski definition) is 2. The van der Waals surface area contributed by atoms with E-state index in [1.807, 2.05) is 6.07 Å². The van der Waals surface area contributed by atoms with Crippen LogP contribution >= 0.6 is 8.60 Å². The molecule has 0 atom stereocenters. The van der Waals surface area contributed by atoms with Crippen LogP contribution in [0.5, 0.6) is 5.75 Å². The van der Waals surface area contributed by atoms with Crippen LogP contribution in [-0.2, 0) is 19.3 Å². The summed E-state index contributed by atoms with van der Waals surface area (Å²) in [5, 5.41) is 0. The first-order valence-corrected chi connectivity index (χ1v) is 15.8. The summed E-state index contributed by atoms with van der Waals surface area (Å²) in [6.45, 7) is 6.80. The second-order valence-corrected chi connectivity index (χ2v) is 10.8. The van der Waals surface area contributed by atoms with E-state index in [-0.39, 0.29) is 0 Å². The van der Waals surface area contributed by atoms with Crippen LogP contribution in [0.2, 0.25) is 0 Å². The van der Waals surface area contributed by atoms with Gasteiger partial charge in [-0.1, -0.05) is 123 Å². The molecule has 0 aromatic heterocycles. The van der Waals surface area contributed by atoms with Crippen LogP contribution < -0.4 is 4.52 Å². The first kappa shape index (κ1) is 31.4. The molecule has 0 saturated heterocycles. The van der Waals surface area contributed by atoms with Gasteiger partial charge in [0.25, 0.3) is 0 Å². The van der Waals surface area contributed by atoms with Crippen LogP contribution in [0, 0.1) is 0 Å². The first-order valence-electron chi connectivity index (χ1n) is 14.6. The Bertz CT molecular complexity index is 603. The van der Waals surface area contributed by atoms with E-state index in [0.717, 1.165) is 25.7 Å². The SMILES string of the molecule is CCCCCCCCc1ccc(OP(O)O)c(CCCCCCCC)c1CCCCCCCC. The second kappa shape index (κ2) is 21.6. The number of benzene rings is 1. The highest BCUT2D eigenvalue weighted by Crippen LogP contribution is 2.37. The van der Waals surface area contributed by atoms with E-state index < -0.39 is 8.60 Å². The zero-order valence-electron chi connectivity index (χ0n) is 22.8. The summed E-state index contributed by atoms with van der Waals surface area (Å²) in [5.74, 6) is 0.706. The molecule has 1 aromatic rings. The van der Waals surface area contributed by atoms with Gasteiger partial charge in [0.05, 0.1) is 0 Å². The molecule has 2 N–H and O–H groups in total. The molecule has 0 heterocycles. The van der Waals surface area contributed by atoms with E-state index in [2.05, 4.69) is 26.8 Å². The minimum atomic E-state index is -2.38. The molecule has 0 saturated carbocycles. The van der Waals surface area contributed by atoms with E-state index in [4.69, 9.17) is 4.52 Å². The van der Waals surface area contributed by atoms with Crippen molar-refractivity contribution < 1.29 is 14.3 Å². The molecule has 198 valence electrons. The van der Waals surface area contributed by atoms with Gasteiger partial charge in [0.2, 0.25) is 0 Å². The molecule has 0 amide bonds. The fraction of sp³-hybridized carbons (Fsp3) is 0.800. The molecular weight excluding hydrogens is 439 g/mol. The summed E-state index contributed by atoms with van der Waals surface area (Å²) in [6, 6.07) is 4.21. The quantitative estimate of drug-likeness (QED) is 0.117. The molecule has 0 fully saturated rings. The predicted octanol–water partition coefficient (Wildman–Crippen LogP) is 9.99. The van der Waals surface area contributed by atoms with Crippen LogP contribution in [0.25, 0.3) is 0 Å². The zero-order valence-corrected chi connectivity index (χ0v) is 23.6. The Balaban J connectivity index is 2.89. The lowest BCUT2D eigenvalue weighted by atomic mass is 9.89. The molecule has 0 bridgehead atoms. The molecule has 0 aliphatic rings. The Morgan fingerprint density at radius 2 is 0.941 bits per heavy atom. The van der Waals surface area contributed by atoms with Crippen molar-refractivity contribution in [2.24, 2.45) is 0 Å². The molecule has 34 heavy (non-hydrogen) atoms. The topological polar surface area (TPSA) is 49.7 Å². The Morgan fingerprint density at radius 3 is 1.41 bits per heavy atom. The maximum Gasteiger partial charge on any atom is 0.391 e. The number of aryl methyl sites for hydroxylation is 1. The van der Waals surface area contributed by atoms with E-state index in [1.165, 1.54) is 126 Å².